The van der Waals surface area contributed by atoms with E-state index in [9.17, 15) is 9.59 Å². The number of carboxylic acid groups (broad SMARTS) is 1. The lowest BCUT2D eigenvalue weighted by atomic mass is 10.2. The fourth-order valence-electron chi connectivity index (χ4n) is 2.34. The van der Waals surface area contributed by atoms with Crippen LogP contribution in [0.4, 0.5) is 11.5 Å². The minimum Gasteiger partial charge on any atom is -0.478 e. The number of carboxylic acids is 1. The van der Waals surface area contributed by atoms with Gasteiger partial charge in [0.2, 0.25) is 0 Å². The van der Waals surface area contributed by atoms with Crippen LogP contribution in [0.3, 0.4) is 0 Å². The maximum atomic E-state index is 12.2. The van der Waals surface area contributed by atoms with Crippen molar-refractivity contribution in [3.8, 4) is 0 Å². The van der Waals surface area contributed by atoms with Crippen molar-refractivity contribution >= 4 is 29.1 Å². The van der Waals surface area contributed by atoms with E-state index in [1.807, 2.05) is 19.1 Å². The fourth-order valence-corrected chi connectivity index (χ4v) is 2.34. The third-order valence-electron chi connectivity index (χ3n) is 3.60. The van der Waals surface area contributed by atoms with Gasteiger partial charge in [-0.15, -0.1) is 10.2 Å². The van der Waals surface area contributed by atoms with E-state index in [0.29, 0.717) is 11.3 Å². The van der Waals surface area contributed by atoms with Gasteiger partial charge in [-0.3, -0.25) is 4.40 Å². The van der Waals surface area contributed by atoms with Crippen LogP contribution in [0.5, 0.6) is 0 Å². The molecule has 0 fully saturated rings. The van der Waals surface area contributed by atoms with Gasteiger partial charge in [0.15, 0.2) is 11.5 Å². The molecule has 0 spiro atoms. The number of aryl methyl sites for hydroxylation is 1. The van der Waals surface area contributed by atoms with Crippen LogP contribution in [0, 0.1) is 6.92 Å². The van der Waals surface area contributed by atoms with E-state index in [-0.39, 0.29) is 23.7 Å². The molecule has 3 rings (SSSR count). The van der Waals surface area contributed by atoms with Crippen LogP contribution in [-0.2, 0) is 4.74 Å². The molecule has 1 N–H and O–H groups in total. The maximum absolute atomic E-state index is 12.2. The summed E-state index contributed by atoms with van der Waals surface area (Å²) in [5.41, 5.74) is 2.23. The van der Waals surface area contributed by atoms with Crippen LogP contribution < -0.4 is 0 Å². The molecule has 8 nitrogen and oxygen atoms in total. The fraction of sp³-hybridized carbons (Fsp3) is 0.167. The van der Waals surface area contributed by atoms with Gasteiger partial charge in [-0.05, 0) is 55.8 Å². The standard InChI is InChI=1S/C18H16N4O4/c1-3-26-18(25)15-16(22-9-8-11(2)10-14(22)19-15)21-20-13-6-4-12(5-7-13)17(23)24/h4-10H,3H2,1-2H3,(H,23,24). The molecule has 0 radical (unpaired) electrons. The zero-order valence-electron chi connectivity index (χ0n) is 14.2. The minimum absolute atomic E-state index is 0.0726. The third-order valence-corrected chi connectivity index (χ3v) is 3.60. The number of nitrogens with zero attached hydrogens (tertiary/aromatic N) is 4. The van der Waals surface area contributed by atoms with Crippen LogP contribution in [0.1, 0.15) is 33.3 Å². The molecule has 0 atom stereocenters. The van der Waals surface area contributed by atoms with Gasteiger partial charge in [-0.25, -0.2) is 14.6 Å². The number of imidazole rings is 1. The average molecular weight is 352 g/mol. The van der Waals surface area contributed by atoms with Gasteiger partial charge in [0.25, 0.3) is 0 Å². The Morgan fingerprint density at radius 2 is 1.92 bits per heavy atom. The number of pyridine rings is 1. The normalized spacial score (nSPS) is 11.2. The van der Waals surface area contributed by atoms with E-state index < -0.39 is 11.9 Å². The molecule has 0 saturated heterocycles. The highest BCUT2D eigenvalue weighted by molar-refractivity contribution is 5.93. The van der Waals surface area contributed by atoms with E-state index in [1.54, 1.807) is 17.5 Å². The van der Waals surface area contributed by atoms with Crippen LogP contribution in [0.2, 0.25) is 0 Å². The van der Waals surface area contributed by atoms with Crippen LogP contribution in [0.25, 0.3) is 5.65 Å². The second kappa shape index (κ2) is 7.14. The van der Waals surface area contributed by atoms with Crippen LogP contribution in [-0.4, -0.2) is 33.0 Å². The molecule has 0 amide bonds. The van der Waals surface area contributed by atoms with Gasteiger partial charge in [-0.1, -0.05) is 0 Å². The summed E-state index contributed by atoms with van der Waals surface area (Å²) < 4.78 is 6.69. The molecular weight excluding hydrogens is 336 g/mol. The predicted molar refractivity (Wildman–Crippen MR) is 93.5 cm³/mol. The number of esters is 1. The summed E-state index contributed by atoms with van der Waals surface area (Å²) >= 11 is 0. The first-order valence-electron chi connectivity index (χ1n) is 7.90. The van der Waals surface area contributed by atoms with Crippen molar-refractivity contribution in [2.24, 2.45) is 10.2 Å². The second-order valence-electron chi connectivity index (χ2n) is 5.49. The predicted octanol–water partition coefficient (Wildman–Crippen LogP) is 3.93. The molecule has 0 aliphatic rings. The number of aromatic nitrogens is 2. The first-order valence-corrected chi connectivity index (χ1v) is 7.90. The van der Waals surface area contributed by atoms with E-state index in [4.69, 9.17) is 9.84 Å². The van der Waals surface area contributed by atoms with E-state index >= 15 is 0 Å². The molecule has 3 aromatic rings. The topological polar surface area (TPSA) is 106 Å². The van der Waals surface area contributed by atoms with Crippen molar-refractivity contribution in [1.29, 1.82) is 0 Å². The minimum atomic E-state index is -1.02. The first kappa shape index (κ1) is 17.3. The molecule has 2 heterocycles. The number of fused-ring (bicyclic) bond motifs is 1. The Morgan fingerprint density at radius 1 is 1.19 bits per heavy atom. The molecule has 0 unspecified atom stereocenters. The molecule has 2 aromatic heterocycles. The average Bonchev–Trinajstić information content (AvgIpc) is 2.98. The Bertz CT molecular complexity index is 1010. The van der Waals surface area contributed by atoms with Gasteiger partial charge >= 0.3 is 11.9 Å². The molecule has 0 aliphatic carbocycles. The second-order valence-corrected chi connectivity index (χ2v) is 5.49. The van der Waals surface area contributed by atoms with Crippen molar-refractivity contribution < 1.29 is 19.4 Å². The molecule has 132 valence electrons. The summed E-state index contributed by atoms with van der Waals surface area (Å²) in [5.74, 6) is -1.35. The van der Waals surface area contributed by atoms with Gasteiger partial charge in [0.1, 0.15) is 5.65 Å². The van der Waals surface area contributed by atoms with E-state index in [2.05, 4.69) is 15.2 Å². The van der Waals surface area contributed by atoms with E-state index in [1.165, 1.54) is 24.3 Å². The largest absolute Gasteiger partial charge is 0.478 e. The number of aromatic carboxylic acids is 1. The number of carbonyl (C=O) groups excluding carboxylic acids is 1. The highest BCUT2D eigenvalue weighted by Gasteiger charge is 2.20. The SMILES string of the molecule is CCOC(=O)c1nc2cc(C)ccn2c1N=Nc1ccc(C(=O)O)cc1. The van der Waals surface area contributed by atoms with Crippen LogP contribution in [0.15, 0.2) is 52.8 Å². The van der Waals surface area contributed by atoms with Crippen molar-refractivity contribution in [3.05, 3.63) is 59.4 Å². The smallest absolute Gasteiger partial charge is 0.360 e. The van der Waals surface area contributed by atoms with Crippen molar-refractivity contribution in [3.63, 3.8) is 0 Å². The highest BCUT2D eigenvalue weighted by atomic mass is 16.5. The summed E-state index contributed by atoms with van der Waals surface area (Å²) in [5, 5.41) is 17.2. The summed E-state index contributed by atoms with van der Waals surface area (Å²) in [6, 6.07) is 9.62. The summed E-state index contributed by atoms with van der Waals surface area (Å²) in [7, 11) is 0. The van der Waals surface area contributed by atoms with Crippen molar-refractivity contribution in [2.45, 2.75) is 13.8 Å². The summed E-state index contributed by atoms with van der Waals surface area (Å²) in [6.07, 6.45) is 1.75. The summed E-state index contributed by atoms with van der Waals surface area (Å²) in [4.78, 5) is 27.4. The lowest BCUT2D eigenvalue weighted by molar-refractivity contribution is 0.0520. The molecule has 0 saturated carbocycles. The van der Waals surface area contributed by atoms with Gasteiger partial charge in [0.05, 0.1) is 17.9 Å². The summed E-state index contributed by atoms with van der Waals surface area (Å²) in [6.45, 7) is 3.85. The maximum Gasteiger partial charge on any atom is 0.360 e. The Labute approximate surface area is 148 Å². The van der Waals surface area contributed by atoms with Gasteiger partial charge in [0, 0.05) is 6.20 Å². The number of hydrogen-bond acceptors (Lipinski definition) is 6. The van der Waals surface area contributed by atoms with Gasteiger partial charge < -0.3 is 9.84 Å². The Morgan fingerprint density at radius 3 is 2.58 bits per heavy atom. The Hall–Kier alpha value is -3.55. The number of carbonyl (C=O) groups is 2. The molecule has 0 aliphatic heterocycles. The molecule has 8 heteroatoms. The third kappa shape index (κ3) is 3.44. The molecule has 26 heavy (non-hydrogen) atoms. The zero-order valence-corrected chi connectivity index (χ0v) is 14.2. The highest BCUT2D eigenvalue weighted by Crippen LogP contribution is 2.25. The Balaban J connectivity index is 2.03. The molecular formula is C18H16N4O4. The van der Waals surface area contributed by atoms with Crippen molar-refractivity contribution in [1.82, 2.24) is 9.38 Å². The number of hydrogen-bond donors (Lipinski definition) is 1. The van der Waals surface area contributed by atoms with E-state index in [0.717, 1.165) is 5.56 Å². The number of azo groups is 1. The van der Waals surface area contributed by atoms with Crippen LogP contribution >= 0.6 is 0 Å². The zero-order chi connectivity index (χ0) is 18.7. The lowest BCUT2D eigenvalue weighted by Crippen LogP contribution is -2.05. The lowest BCUT2D eigenvalue weighted by Gasteiger charge is -2.00. The number of ether oxygens (including phenoxy) is 1. The van der Waals surface area contributed by atoms with Gasteiger partial charge in [-0.2, -0.15) is 0 Å². The Kier molecular flexibility index (Phi) is 4.74. The monoisotopic (exact) mass is 352 g/mol. The number of rotatable bonds is 5. The first-order chi connectivity index (χ1) is 12.5. The van der Waals surface area contributed by atoms with Crippen molar-refractivity contribution in [2.75, 3.05) is 6.61 Å². The molecule has 1 aromatic carbocycles. The quantitative estimate of drug-likeness (QED) is 0.553. The molecule has 0 bridgehead atoms. The number of benzene rings is 1.